The molecule has 0 rings (SSSR count). The first-order valence-corrected chi connectivity index (χ1v) is 6.48. The SMILES string of the molecule is C=CCCCSCCC(N)C(=O)OCC. The average Bonchev–Trinajstić information content (AvgIpc) is 2.23. The van der Waals surface area contributed by atoms with Crippen LogP contribution in [0.15, 0.2) is 12.7 Å². The number of thioether (sulfide) groups is 1. The summed E-state index contributed by atoms with van der Waals surface area (Å²) >= 11 is 1.82. The first-order chi connectivity index (χ1) is 7.22. The van der Waals surface area contributed by atoms with Crippen LogP contribution in [0.25, 0.3) is 0 Å². The second kappa shape index (κ2) is 10.1. The van der Waals surface area contributed by atoms with Crippen LogP contribution in [0.3, 0.4) is 0 Å². The molecule has 0 aromatic carbocycles. The van der Waals surface area contributed by atoms with Crippen LogP contribution in [0.5, 0.6) is 0 Å². The molecular formula is C11H21NO2S. The van der Waals surface area contributed by atoms with Crippen LogP contribution in [-0.2, 0) is 9.53 Å². The van der Waals surface area contributed by atoms with Gasteiger partial charge in [0, 0.05) is 0 Å². The maximum absolute atomic E-state index is 11.1. The van der Waals surface area contributed by atoms with E-state index >= 15 is 0 Å². The van der Waals surface area contributed by atoms with Gasteiger partial charge >= 0.3 is 5.97 Å². The van der Waals surface area contributed by atoms with Gasteiger partial charge in [0.15, 0.2) is 0 Å². The Hall–Kier alpha value is -0.480. The van der Waals surface area contributed by atoms with E-state index in [1.165, 1.54) is 0 Å². The molecule has 0 heterocycles. The second-order valence-electron chi connectivity index (χ2n) is 3.19. The van der Waals surface area contributed by atoms with Crippen molar-refractivity contribution in [3.05, 3.63) is 12.7 Å². The summed E-state index contributed by atoms with van der Waals surface area (Å²) in [5.41, 5.74) is 5.64. The summed E-state index contributed by atoms with van der Waals surface area (Å²) < 4.78 is 4.81. The van der Waals surface area contributed by atoms with Gasteiger partial charge in [-0.1, -0.05) is 6.08 Å². The molecule has 0 bridgehead atoms. The Balaban J connectivity index is 3.34. The van der Waals surface area contributed by atoms with Gasteiger partial charge < -0.3 is 10.5 Å². The number of esters is 1. The molecule has 0 aromatic heterocycles. The molecule has 3 nitrogen and oxygen atoms in total. The van der Waals surface area contributed by atoms with E-state index in [1.807, 2.05) is 17.8 Å². The Bertz CT molecular complexity index is 185. The Kier molecular flexibility index (Phi) is 9.73. The van der Waals surface area contributed by atoms with E-state index in [0.29, 0.717) is 13.0 Å². The molecule has 15 heavy (non-hydrogen) atoms. The highest BCUT2D eigenvalue weighted by molar-refractivity contribution is 7.99. The van der Waals surface area contributed by atoms with Crippen molar-refractivity contribution in [1.29, 1.82) is 0 Å². The molecule has 0 amide bonds. The molecule has 1 atom stereocenters. The molecular weight excluding hydrogens is 210 g/mol. The molecule has 0 spiro atoms. The van der Waals surface area contributed by atoms with Crippen molar-refractivity contribution >= 4 is 17.7 Å². The third-order valence-electron chi connectivity index (χ3n) is 1.86. The predicted octanol–water partition coefficient (Wildman–Crippen LogP) is 1.97. The fourth-order valence-electron chi connectivity index (χ4n) is 1.01. The van der Waals surface area contributed by atoms with Gasteiger partial charge in [0.1, 0.15) is 6.04 Å². The molecule has 1 unspecified atom stereocenters. The van der Waals surface area contributed by atoms with Gasteiger partial charge in [0.2, 0.25) is 0 Å². The molecule has 4 heteroatoms. The quantitative estimate of drug-likeness (QED) is 0.374. The van der Waals surface area contributed by atoms with Crippen LogP contribution >= 0.6 is 11.8 Å². The Morgan fingerprint density at radius 3 is 2.93 bits per heavy atom. The van der Waals surface area contributed by atoms with Crippen LogP contribution in [0.2, 0.25) is 0 Å². The molecule has 0 fully saturated rings. The number of unbranched alkanes of at least 4 members (excludes halogenated alkanes) is 1. The van der Waals surface area contributed by atoms with Crippen LogP contribution in [0, 0.1) is 0 Å². The first-order valence-electron chi connectivity index (χ1n) is 5.33. The lowest BCUT2D eigenvalue weighted by Crippen LogP contribution is -2.32. The van der Waals surface area contributed by atoms with Crippen LogP contribution < -0.4 is 5.73 Å². The standard InChI is InChI=1S/C11H21NO2S/c1-3-5-6-8-15-9-7-10(12)11(13)14-4-2/h3,10H,1,4-9,12H2,2H3. The highest BCUT2D eigenvalue weighted by Gasteiger charge is 2.13. The maximum atomic E-state index is 11.1. The predicted molar refractivity (Wildman–Crippen MR) is 66.0 cm³/mol. The van der Waals surface area contributed by atoms with E-state index in [9.17, 15) is 4.79 Å². The third-order valence-corrected chi connectivity index (χ3v) is 2.96. The van der Waals surface area contributed by atoms with E-state index in [4.69, 9.17) is 10.5 Å². The summed E-state index contributed by atoms with van der Waals surface area (Å²) in [5, 5.41) is 0. The Labute approximate surface area is 96.4 Å². The average molecular weight is 231 g/mol. The highest BCUT2D eigenvalue weighted by Crippen LogP contribution is 2.08. The van der Waals surface area contributed by atoms with Crippen molar-refractivity contribution in [3.8, 4) is 0 Å². The number of carbonyl (C=O) groups is 1. The number of allylic oxidation sites excluding steroid dienone is 1. The van der Waals surface area contributed by atoms with Crippen LogP contribution in [-0.4, -0.2) is 30.1 Å². The molecule has 0 saturated heterocycles. The van der Waals surface area contributed by atoms with Gasteiger partial charge in [-0.05, 0) is 37.7 Å². The van der Waals surface area contributed by atoms with Gasteiger partial charge in [0.05, 0.1) is 6.61 Å². The zero-order valence-corrected chi connectivity index (χ0v) is 10.2. The molecule has 0 saturated carbocycles. The minimum Gasteiger partial charge on any atom is -0.465 e. The molecule has 0 aliphatic carbocycles. The topological polar surface area (TPSA) is 52.3 Å². The third kappa shape index (κ3) is 8.51. The number of hydrogen-bond acceptors (Lipinski definition) is 4. The second-order valence-corrected chi connectivity index (χ2v) is 4.42. The molecule has 2 N–H and O–H groups in total. The molecule has 88 valence electrons. The zero-order chi connectivity index (χ0) is 11.5. The first kappa shape index (κ1) is 14.5. The fourth-order valence-corrected chi connectivity index (χ4v) is 2.00. The van der Waals surface area contributed by atoms with Crippen LogP contribution in [0.4, 0.5) is 0 Å². The monoisotopic (exact) mass is 231 g/mol. The molecule has 0 radical (unpaired) electrons. The number of rotatable bonds is 9. The number of hydrogen-bond donors (Lipinski definition) is 1. The van der Waals surface area contributed by atoms with Crippen molar-refractivity contribution in [3.63, 3.8) is 0 Å². The number of carbonyl (C=O) groups excluding carboxylic acids is 1. The smallest absolute Gasteiger partial charge is 0.322 e. The zero-order valence-electron chi connectivity index (χ0n) is 9.41. The van der Waals surface area contributed by atoms with Crippen molar-refractivity contribution < 1.29 is 9.53 Å². The Morgan fingerprint density at radius 1 is 1.60 bits per heavy atom. The molecule has 0 aliphatic rings. The summed E-state index contributed by atoms with van der Waals surface area (Å²) in [5.74, 6) is 1.72. The molecule has 0 aromatic rings. The van der Waals surface area contributed by atoms with E-state index < -0.39 is 6.04 Å². The Morgan fingerprint density at radius 2 is 2.33 bits per heavy atom. The normalized spacial score (nSPS) is 12.1. The van der Waals surface area contributed by atoms with Crippen molar-refractivity contribution in [1.82, 2.24) is 0 Å². The summed E-state index contributed by atoms with van der Waals surface area (Å²) in [6.45, 7) is 5.85. The summed E-state index contributed by atoms with van der Waals surface area (Å²) in [7, 11) is 0. The highest BCUT2D eigenvalue weighted by atomic mass is 32.2. The summed E-state index contributed by atoms with van der Waals surface area (Å²) in [6.07, 6.45) is 4.81. The van der Waals surface area contributed by atoms with E-state index in [-0.39, 0.29) is 5.97 Å². The van der Waals surface area contributed by atoms with Crippen molar-refractivity contribution in [2.45, 2.75) is 32.2 Å². The lowest BCUT2D eigenvalue weighted by Gasteiger charge is -2.09. The largest absolute Gasteiger partial charge is 0.465 e. The van der Waals surface area contributed by atoms with Gasteiger partial charge in [-0.25, -0.2) is 0 Å². The van der Waals surface area contributed by atoms with E-state index in [1.54, 1.807) is 6.92 Å². The van der Waals surface area contributed by atoms with Gasteiger partial charge in [-0.15, -0.1) is 6.58 Å². The summed E-state index contributed by atoms with van der Waals surface area (Å²) in [4.78, 5) is 11.1. The van der Waals surface area contributed by atoms with Crippen LogP contribution in [0.1, 0.15) is 26.2 Å². The van der Waals surface area contributed by atoms with Gasteiger partial charge in [-0.2, -0.15) is 11.8 Å². The summed E-state index contributed by atoms with van der Waals surface area (Å²) in [6, 6.07) is -0.461. The lowest BCUT2D eigenvalue weighted by molar-refractivity contribution is -0.144. The number of nitrogens with two attached hydrogens (primary N) is 1. The number of ether oxygens (including phenoxy) is 1. The maximum Gasteiger partial charge on any atom is 0.322 e. The minimum atomic E-state index is -0.461. The van der Waals surface area contributed by atoms with Gasteiger partial charge in [-0.3, -0.25) is 4.79 Å². The van der Waals surface area contributed by atoms with E-state index in [2.05, 4.69) is 6.58 Å². The molecule has 0 aliphatic heterocycles. The lowest BCUT2D eigenvalue weighted by atomic mass is 10.2. The van der Waals surface area contributed by atoms with Gasteiger partial charge in [0.25, 0.3) is 0 Å². The fraction of sp³-hybridized carbons (Fsp3) is 0.727. The van der Waals surface area contributed by atoms with Crippen molar-refractivity contribution in [2.24, 2.45) is 5.73 Å². The van der Waals surface area contributed by atoms with Crippen molar-refractivity contribution in [2.75, 3.05) is 18.1 Å². The van der Waals surface area contributed by atoms with E-state index in [0.717, 1.165) is 24.3 Å². The minimum absolute atomic E-state index is 0.288.